The predicted octanol–water partition coefficient (Wildman–Crippen LogP) is 4.94. The zero-order valence-corrected chi connectivity index (χ0v) is 22.6. The van der Waals surface area contributed by atoms with Gasteiger partial charge in [0.1, 0.15) is 5.82 Å². The zero-order chi connectivity index (χ0) is 28.2. The Morgan fingerprint density at radius 1 is 0.897 bits per heavy atom. The zero-order valence-electron chi connectivity index (χ0n) is 22.6. The van der Waals surface area contributed by atoms with Crippen LogP contribution in [0.25, 0.3) is 0 Å². The molecule has 0 fully saturated rings. The predicted molar refractivity (Wildman–Crippen MR) is 156 cm³/mol. The van der Waals surface area contributed by atoms with Gasteiger partial charge in [0.15, 0.2) is 11.5 Å². The topological polar surface area (TPSA) is 106 Å². The van der Waals surface area contributed by atoms with Gasteiger partial charge in [0.05, 0.1) is 32.6 Å². The molecule has 1 amide bonds. The molecule has 0 radical (unpaired) electrons. The largest absolute Gasteiger partial charge is 0.493 e. The van der Waals surface area contributed by atoms with Gasteiger partial charge in [-0.05, 0) is 37.9 Å². The summed E-state index contributed by atoms with van der Waals surface area (Å²) in [5.41, 5.74) is 3.03. The average molecular weight is 526 g/mol. The van der Waals surface area contributed by atoms with Crippen LogP contribution >= 0.6 is 0 Å². The Hall–Kier alpha value is -5.23. The lowest BCUT2D eigenvalue weighted by Gasteiger charge is -2.16. The number of hydrogen-bond acceptors (Lipinski definition) is 6. The van der Waals surface area contributed by atoms with Gasteiger partial charge in [0.2, 0.25) is 11.7 Å². The number of benzene rings is 3. The van der Waals surface area contributed by atoms with Crippen LogP contribution < -0.4 is 30.2 Å². The molecule has 0 unspecified atom stereocenters. The summed E-state index contributed by atoms with van der Waals surface area (Å²) in [7, 11) is 6.17. The number of hydrogen-bond donors (Lipinski definition) is 3. The quantitative estimate of drug-likeness (QED) is 0.219. The molecule has 0 aliphatic carbocycles. The molecule has 0 saturated heterocycles. The van der Waals surface area contributed by atoms with Crippen molar-refractivity contribution in [2.24, 2.45) is 9.98 Å². The molecule has 200 valence electrons. The maximum absolute atomic E-state index is 12.5. The Morgan fingerprint density at radius 2 is 1.54 bits per heavy atom. The summed E-state index contributed by atoms with van der Waals surface area (Å²) in [6.07, 6.45) is 0. The molecule has 3 rings (SSSR count). The first kappa shape index (κ1) is 28.3. The number of nitrogens with zero attached hydrogens (tertiary/aromatic N) is 2. The molecule has 0 bridgehead atoms. The van der Waals surface area contributed by atoms with E-state index in [9.17, 15) is 4.79 Å². The van der Waals surface area contributed by atoms with Crippen LogP contribution in [0.15, 0.2) is 88.1 Å². The van der Waals surface area contributed by atoms with Gasteiger partial charge in [-0.2, -0.15) is 4.99 Å². The van der Waals surface area contributed by atoms with Crippen molar-refractivity contribution in [2.45, 2.75) is 6.92 Å². The molecule has 0 saturated carbocycles. The standard InChI is InChI=1S/C30H31N5O4/c1-20(16-17-21-12-8-7-9-13-21)28(34-24-15-11-10-14-23(24)29(36)31-2)35-30(32-3)33-22-18-25(37-4)27(39-6)26(19-22)38-5/h7-15,18-19,34H,3H2,1-2,4-6H3,(H,31,36)(H,33,35)/b28-20+. The first-order chi connectivity index (χ1) is 18.9. The third kappa shape index (κ3) is 7.40. The highest BCUT2D eigenvalue weighted by atomic mass is 16.5. The van der Waals surface area contributed by atoms with E-state index in [1.807, 2.05) is 43.3 Å². The highest BCUT2D eigenvalue weighted by molar-refractivity contribution is 6.00. The van der Waals surface area contributed by atoms with Crippen LogP contribution in [-0.4, -0.2) is 47.0 Å². The van der Waals surface area contributed by atoms with E-state index in [-0.39, 0.29) is 11.9 Å². The Bertz CT molecular complexity index is 1430. The van der Waals surface area contributed by atoms with Crippen molar-refractivity contribution < 1.29 is 19.0 Å². The number of rotatable bonds is 8. The van der Waals surface area contributed by atoms with Crippen molar-refractivity contribution in [2.75, 3.05) is 39.0 Å². The Morgan fingerprint density at radius 3 is 2.13 bits per heavy atom. The fourth-order valence-corrected chi connectivity index (χ4v) is 3.50. The highest BCUT2D eigenvalue weighted by Gasteiger charge is 2.15. The number of amides is 1. The minimum absolute atomic E-state index is 0.171. The third-order valence-electron chi connectivity index (χ3n) is 5.46. The molecule has 0 spiro atoms. The smallest absolute Gasteiger partial charge is 0.253 e. The van der Waals surface area contributed by atoms with Gasteiger partial charge in [0.25, 0.3) is 5.91 Å². The maximum Gasteiger partial charge on any atom is 0.253 e. The number of allylic oxidation sites excluding steroid dienone is 1. The van der Waals surface area contributed by atoms with Crippen molar-refractivity contribution in [3.8, 4) is 29.1 Å². The van der Waals surface area contributed by atoms with Crippen LogP contribution in [0.5, 0.6) is 17.2 Å². The Labute approximate surface area is 228 Å². The van der Waals surface area contributed by atoms with Gasteiger partial charge in [-0.15, -0.1) is 0 Å². The van der Waals surface area contributed by atoms with Crippen LogP contribution in [0.1, 0.15) is 22.8 Å². The van der Waals surface area contributed by atoms with Crippen LogP contribution in [-0.2, 0) is 0 Å². The molecule has 3 N–H and O–H groups in total. The van der Waals surface area contributed by atoms with Crippen LogP contribution in [0.4, 0.5) is 11.4 Å². The molecule has 0 aromatic heterocycles. The fraction of sp³-hybridized carbons (Fsp3) is 0.167. The molecule has 0 aliphatic rings. The Balaban J connectivity index is 2.09. The maximum atomic E-state index is 12.5. The first-order valence-corrected chi connectivity index (χ1v) is 11.9. The van der Waals surface area contributed by atoms with Gasteiger partial charge in [-0.1, -0.05) is 42.2 Å². The van der Waals surface area contributed by atoms with E-state index < -0.39 is 0 Å². The molecule has 0 aliphatic heterocycles. The van der Waals surface area contributed by atoms with Gasteiger partial charge >= 0.3 is 0 Å². The number of guanidine groups is 1. The lowest BCUT2D eigenvalue weighted by Crippen LogP contribution is -2.20. The third-order valence-corrected chi connectivity index (χ3v) is 5.46. The van der Waals surface area contributed by atoms with Gasteiger partial charge in [-0.3, -0.25) is 4.79 Å². The Kier molecular flexibility index (Phi) is 10.1. The monoisotopic (exact) mass is 525 g/mol. The highest BCUT2D eigenvalue weighted by Crippen LogP contribution is 2.40. The van der Waals surface area contributed by atoms with E-state index in [1.54, 1.807) is 37.4 Å². The van der Waals surface area contributed by atoms with Crippen molar-refractivity contribution in [1.29, 1.82) is 0 Å². The lowest BCUT2D eigenvalue weighted by atomic mass is 10.1. The number of ether oxygens (including phenoxy) is 3. The van der Waals surface area contributed by atoms with Gasteiger partial charge < -0.3 is 30.2 Å². The van der Waals surface area contributed by atoms with Gasteiger partial charge in [0, 0.05) is 36.0 Å². The number of carbonyl (C=O) groups is 1. The molecular weight excluding hydrogens is 494 g/mol. The first-order valence-electron chi connectivity index (χ1n) is 11.9. The van der Waals surface area contributed by atoms with E-state index in [4.69, 9.17) is 14.2 Å². The second kappa shape index (κ2) is 13.9. The summed E-state index contributed by atoms with van der Waals surface area (Å²) in [5.74, 6) is 7.95. The molecule has 39 heavy (non-hydrogen) atoms. The molecule has 9 nitrogen and oxygen atoms in total. The van der Waals surface area contributed by atoms with Crippen LogP contribution in [0.2, 0.25) is 0 Å². The molecule has 3 aromatic rings. The van der Waals surface area contributed by atoms with Crippen LogP contribution in [0.3, 0.4) is 0 Å². The minimum atomic E-state index is -0.243. The molecule has 0 atom stereocenters. The van der Waals surface area contributed by atoms with Crippen molar-refractivity contribution in [1.82, 2.24) is 5.32 Å². The summed E-state index contributed by atoms with van der Waals surface area (Å²) in [4.78, 5) is 21.2. The van der Waals surface area contributed by atoms with Crippen molar-refractivity contribution >= 4 is 30.0 Å². The number of para-hydroxylation sites is 1. The summed E-state index contributed by atoms with van der Waals surface area (Å²) < 4.78 is 16.3. The molecule has 3 aromatic carbocycles. The summed E-state index contributed by atoms with van der Waals surface area (Å²) in [6.45, 7) is 5.49. The lowest BCUT2D eigenvalue weighted by molar-refractivity contribution is 0.0964. The van der Waals surface area contributed by atoms with Crippen molar-refractivity contribution in [3.05, 3.63) is 89.3 Å². The molecule has 9 heteroatoms. The fourth-order valence-electron chi connectivity index (χ4n) is 3.50. The van der Waals surface area contributed by atoms with E-state index in [0.29, 0.717) is 45.6 Å². The number of aliphatic imine (C=N–C) groups is 2. The van der Waals surface area contributed by atoms with Crippen molar-refractivity contribution in [3.63, 3.8) is 0 Å². The average Bonchev–Trinajstić information content (AvgIpc) is 2.98. The second-order valence-corrected chi connectivity index (χ2v) is 7.97. The number of anilines is 2. The minimum Gasteiger partial charge on any atom is -0.493 e. The van der Waals surface area contributed by atoms with E-state index >= 15 is 0 Å². The summed E-state index contributed by atoms with van der Waals surface area (Å²) in [5, 5.41) is 9.02. The van der Waals surface area contributed by atoms with E-state index in [1.165, 1.54) is 21.3 Å². The normalized spacial score (nSPS) is 11.3. The molecular formula is C30H31N5O4. The number of methoxy groups -OCH3 is 3. The summed E-state index contributed by atoms with van der Waals surface area (Å²) >= 11 is 0. The van der Waals surface area contributed by atoms with Crippen LogP contribution in [0, 0.1) is 11.8 Å². The number of carbonyl (C=O) groups excluding carboxylic acids is 1. The van der Waals surface area contributed by atoms with E-state index in [0.717, 1.165) is 5.56 Å². The van der Waals surface area contributed by atoms with E-state index in [2.05, 4.69) is 44.5 Å². The second-order valence-electron chi connectivity index (χ2n) is 7.97. The molecule has 0 heterocycles. The summed E-state index contributed by atoms with van der Waals surface area (Å²) in [6, 6.07) is 20.2. The SMILES string of the molecule is C=N/C(=N\C(Nc1ccccc1C(=O)NC)=C(/C)C#Cc1ccccc1)Nc1cc(OC)c(OC)c(OC)c1. The number of nitrogens with one attached hydrogen (secondary N) is 3. The van der Waals surface area contributed by atoms with Gasteiger partial charge in [-0.25, -0.2) is 4.99 Å².